The first-order chi connectivity index (χ1) is 10.6. The van der Waals surface area contributed by atoms with Crippen LogP contribution in [0.5, 0.6) is 0 Å². The Morgan fingerprint density at radius 1 is 1.09 bits per heavy atom. The summed E-state index contributed by atoms with van der Waals surface area (Å²) in [5.74, 6) is -2.43. The monoisotopic (exact) mass is 356 g/mol. The first-order valence-corrected chi connectivity index (χ1v) is 7.42. The molecule has 22 heavy (non-hydrogen) atoms. The minimum Gasteiger partial charge on any atom is -0.350 e. The van der Waals surface area contributed by atoms with Gasteiger partial charge in [-0.15, -0.1) is 0 Å². The van der Waals surface area contributed by atoms with Crippen molar-refractivity contribution < 1.29 is 9.59 Å². The maximum Gasteiger partial charge on any atom is 0.245 e. The van der Waals surface area contributed by atoms with Gasteiger partial charge in [0.15, 0.2) is 11.7 Å². The second kappa shape index (κ2) is 7.53. The van der Waals surface area contributed by atoms with Gasteiger partial charge >= 0.3 is 0 Å². The van der Waals surface area contributed by atoms with Gasteiger partial charge in [-0.2, -0.15) is 5.26 Å². The number of nitrogens with zero attached hydrogens (tertiary/aromatic N) is 1. The highest BCUT2D eigenvalue weighted by atomic mass is 79.9. The molecule has 0 fully saturated rings. The van der Waals surface area contributed by atoms with Crippen LogP contribution in [0.4, 0.5) is 0 Å². The highest BCUT2D eigenvalue weighted by Crippen LogP contribution is 2.14. The molecule has 2 aromatic rings. The zero-order chi connectivity index (χ0) is 15.9. The van der Waals surface area contributed by atoms with Crippen molar-refractivity contribution in [3.8, 4) is 6.07 Å². The van der Waals surface area contributed by atoms with E-state index in [-0.39, 0.29) is 6.54 Å². The number of halogens is 1. The molecule has 0 heterocycles. The Morgan fingerprint density at radius 2 is 1.73 bits per heavy atom. The molecule has 0 bridgehead atoms. The summed E-state index contributed by atoms with van der Waals surface area (Å²) in [5.41, 5.74) is 1.24. The Bertz CT molecular complexity index is 706. The summed E-state index contributed by atoms with van der Waals surface area (Å²) in [7, 11) is 0. The zero-order valence-corrected chi connectivity index (χ0v) is 13.2. The zero-order valence-electron chi connectivity index (χ0n) is 11.6. The van der Waals surface area contributed by atoms with E-state index >= 15 is 0 Å². The number of nitrogens with one attached hydrogen (secondary N) is 1. The lowest BCUT2D eigenvalue weighted by molar-refractivity contribution is -0.122. The van der Waals surface area contributed by atoms with Crippen LogP contribution in [-0.4, -0.2) is 11.7 Å². The summed E-state index contributed by atoms with van der Waals surface area (Å²) in [4.78, 5) is 24.3. The third-order valence-corrected chi connectivity index (χ3v) is 3.62. The molecular formula is C17H13BrN2O2. The van der Waals surface area contributed by atoms with Gasteiger partial charge in [-0.3, -0.25) is 9.59 Å². The van der Waals surface area contributed by atoms with E-state index in [1.807, 2.05) is 30.3 Å². The molecule has 1 atom stereocenters. The number of carbonyl (C=O) groups is 2. The first-order valence-electron chi connectivity index (χ1n) is 6.63. The Kier molecular flexibility index (Phi) is 5.45. The maximum absolute atomic E-state index is 12.2. The molecule has 0 aromatic heterocycles. The third-order valence-electron chi connectivity index (χ3n) is 3.09. The number of rotatable bonds is 5. The quantitative estimate of drug-likeness (QED) is 0.660. The van der Waals surface area contributed by atoms with Crippen molar-refractivity contribution in [2.24, 2.45) is 5.92 Å². The van der Waals surface area contributed by atoms with Crippen LogP contribution in [0.15, 0.2) is 59.1 Å². The van der Waals surface area contributed by atoms with E-state index in [0.717, 1.165) is 10.0 Å². The number of hydrogen-bond donors (Lipinski definition) is 1. The van der Waals surface area contributed by atoms with E-state index in [1.165, 1.54) is 0 Å². The highest BCUT2D eigenvalue weighted by molar-refractivity contribution is 9.10. The van der Waals surface area contributed by atoms with Crippen molar-refractivity contribution >= 4 is 27.6 Å². The molecule has 0 spiro atoms. The first kappa shape index (κ1) is 15.9. The summed E-state index contributed by atoms with van der Waals surface area (Å²) in [6.07, 6.45) is 0. The minimum atomic E-state index is -1.34. The van der Waals surface area contributed by atoms with Gasteiger partial charge in [0.1, 0.15) is 0 Å². The van der Waals surface area contributed by atoms with Gasteiger partial charge < -0.3 is 5.32 Å². The molecule has 110 valence electrons. The second-order valence-electron chi connectivity index (χ2n) is 4.64. The van der Waals surface area contributed by atoms with Gasteiger partial charge in [0.05, 0.1) is 6.07 Å². The van der Waals surface area contributed by atoms with E-state index in [4.69, 9.17) is 5.26 Å². The van der Waals surface area contributed by atoms with Crippen LogP contribution < -0.4 is 5.32 Å². The van der Waals surface area contributed by atoms with Crippen LogP contribution in [0, 0.1) is 17.2 Å². The van der Waals surface area contributed by atoms with Crippen molar-refractivity contribution in [2.75, 3.05) is 0 Å². The van der Waals surface area contributed by atoms with Crippen LogP contribution in [-0.2, 0) is 11.3 Å². The van der Waals surface area contributed by atoms with Crippen molar-refractivity contribution in [3.05, 3.63) is 70.2 Å². The average molecular weight is 357 g/mol. The molecule has 5 heteroatoms. The third kappa shape index (κ3) is 4.03. The van der Waals surface area contributed by atoms with Crippen molar-refractivity contribution in [3.63, 3.8) is 0 Å². The molecule has 0 saturated heterocycles. The summed E-state index contributed by atoms with van der Waals surface area (Å²) in [6.45, 7) is 0.283. The number of nitriles is 1. The van der Waals surface area contributed by atoms with Crippen molar-refractivity contribution in [2.45, 2.75) is 6.54 Å². The fourth-order valence-electron chi connectivity index (χ4n) is 1.90. The Morgan fingerprint density at radius 3 is 2.32 bits per heavy atom. The van der Waals surface area contributed by atoms with E-state index < -0.39 is 17.6 Å². The average Bonchev–Trinajstić information content (AvgIpc) is 2.55. The minimum absolute atomic E-state index is 0.283. The standard InChI is InChI=1S/C17H13BrN2O2/c18-14-8-6-13(7-9-14)16(21)15(10-19)17(22)20-11-12-4-2-1-3-5-12/h1-9,15H,11H2,(H,20,22). The van der Waals surface area contributed by atoms with Gasteiger partial charge in [0.25, 0.3) is 0 Å². The van der Waals surface area contributed by atoms with Crippen LogP contribution in [0.25, 0.3) is 0 Å². The molecule has 0 aliphatic heterocycles. The predicted octanol–water partition coefficient (Wildman–Crippen LogP) is 3.09. The van der Waals surface area contributed by atoms with Crippen LogP contribution in [0.1, 0.15) is 15.9 Å². The SMILES string of the molecule is N#CC(C(=O)NCc1ccccc1)C(=O)c1ccc(Br)cc1. The van der Waals surface area contributed by atoms with Crippen molar-refractivity contribution in [1.82, 2.24) is 5.32 Å². The van der Waals surface area contributed by atoms with Gasteiger partial charge in [-0.25, -0.2) is 0 Å². The Hall–Kier alpha value is -2.45. The Balaban J connectivity index is 2.04. The smallest absolute Gasteiger partial charge is 0.245 e. The molecule has 0 aliphatic rings. The normalized spacial score (nSPS) is 11.3. The van der Waals surface area contributed by atoms with Gasteiger partial charge in [-0.05, 0) is 17.7 Å². The van der Waals surface area contributed by atoms with E-state index in [0.29, 0.717) is 5.56 Å². The number of ketones is 1. The summed E-state index contributed by atoms with van der Waals surface area (Å²) >= 11 is 3.27. The number of hydrogen-bond acceptors (Lipinski definition) is 3. The molecule has 1 unspecified atom stereocenters. The summed E-state index contributed by atoms with van der Waals surface area (Å²) in [5, 5.41) is 11.8. The van der Waals surface area contributed by atoms with Gasteiger partial charge in [0, 0.05) is 16.6 Å². The number of Topliss-reactive ketones (excluding diaryl/α,β-unsaturated/α-hetero) is 1. The van der Waals surface area contributed by atoms with E-state index in [9.17, 15) is 9.59 Å². The summed E-state index contributed by atoms with van der Waals surface area (Å²) in [6, 6.07) is 17.7. The van der Waals surface area contributed by atoms with Gasteiger partial charge in [-0.1, -0.05) is 58.4 Å². The molecule has 4 nitrogen and oxygen atoms in total. The number of carbonyl (C=O) groups excluding carboxylic acids is 2. The highest BCUT2D eigenvalue weighted by Gasteiger charge is 2.27. The van der Waals surface area contributed by atoms with E-state index in [1.54, 1.807) is 30.3 Å². The maximum atomic E-state index is 12.2. The Labute approximate surface area is 136 Å². The largest absolute Gasteiger partial charge is 0.350 e. The van der Waals surface area contributed by atoms with Gasteiger partial charge in [0.2, 0.25) is 5.91 Å². The second-order valence-corrected chi connectivity index (χ2v) is 5.55. The molecule has 0 radical (unpaired) electrons. The molecule has 1 amide bonds. The molecule has 0 saturated carbocycles. The fourth-order valence-corrected chi connectivity index (χ4v) is 2.17. The van der Waals surface area contributed by atoms with Crippen molar-refractivity contribution in [1.29, 1.82) is 5.26 Å². The summed E-state index contributed by atoms with van der Waals surface area (Å²) < 4.78 is 0.825. The molecular weight excluding hydrogens is 344 g/mol. The molecule has 1 N–H and O–H groups in total. The molecule has 2 rings (SSSR count). The predicted molar refractivity (Wildman–Crippen MR) is 85.9 cm³/mol. The van der Waals surface area contributed by atoms with E-state index in [2.05, 4.69) is 21.2 Å². The lowest BCUT2D eigenvalue weighted by Gasteiger charge is -2.10. The topological polar surface area (TPSA) is 70.0 Å². The molecule has 2 aromatic carbocycles. The van der Waals surface area contributed by atoms with Crippen LogP contribution >= 0.6 is 15.9 Å². The lowest BCUT2D eigenvalue weighted by Crippen LogP contribution is -2.34. The van der Waals surface area contributed by atoms with Crippen LogP contribution in [0.2, 0.25) is 0 Å². The van der Waals surface area contributed by atoms with Crippen LogP contribution in [0.3, 0.4) is 0 Å². The lowest BCUT2D eigenvalue weighted by atomic mass is 9.98. The number of benzene rings is 2. The number of amides is 1. The molecule has 0 aliphatic carbocycles. The fraction of sp³-hybridized carbons (Fsp3) is 0.118.